The van der Waals surface area contributed by atoms with Gasteiger partial charge in [0.1, 0.15) is 11.4 Å². The lowest BCUT2D eigenvalue weighted by molar-refractivity contribution is 0.0693. The summed E-state index contributed by atoms with van der Waals surface area (Å²) < 4.78 is 1.43. The minimum Gasteiger partial charge on any atom is -0.477 e. The van der Waals surface area contributed by atoms with E-state index in [4.69, 9.17) is 5.11 Å². The van der Waals surface area contributed by atoms with Gasteiger partial charge in [-0.15, -0.1) is 0 Å². The van der Waals surface area contributed by atoms with Gasteiger partial charge in [0, 0.05) is 25.5 Å². The molecule has 0 aliphatic rings. The van der Waals surface area contributed by atoms with E-state index in [-0.39, 0.29) is 5.56 Å². The molecule has 2 N–H and O–H groups in total. The predicted octanol–water partition coefficient (Wildman–Crippen LogP) is 2.06. The normalized spacial score (nSPS) is 10.5. The van der Waals surface area contributed by atoms with Crippen molar-refractivity contribution in [2.24, 2.45) is 0 Å². The molecule has 0 spiro atoms. The molecule has 116 valence electrons. The van der Waals surface area contributed by atoms with Crippen LogP contribution in [0, 0.1) is 13.8 Å². The maximum atomic E-state index is 12.1. The fourth-order valence-electron chi connectivity index (χ4n) is 2.14. The van der Waals surface area contributed by atoms with Crippen molar-refractivity contribution in [1.29, 1.82) is 0 Å². The van der Waals surface area contributed by atoms with Crippen molar-refractivity contribution < 1.29 is 9.90 Å². The number of carbonyl (C=O) groups is 1. The zero-order valence-corrected chi connectivity index (χ0v) is 12.7. The number of aryl methyl sites for hydroxylation is 3. The highest BCUT2D eigenvalue weighted by molar-refractivity contribution is 5.88. The highest BCUT2D eigenvalue weighted by Gasteiger charge is 2.13. The lowest BCUT2D eigenvalue weighted by Crippen LogP contribution is -2.27. The number of hydrogen-bond acceptors (Lipinski definition) is 4. The molecule has 0 amide bonds. The Morgan fingerprint density at radius 3 is 2.73 bits per heavy atom. The monoisotopic (exact) mass is 301 g/mol. The molecule has 0 radical (unpaired) electrons. The fraction of sp³-hybridized carbons (Fsp3) is 0.312. The van der Waals surface area contributed by atoms with Gasteiger partial charge in [0.2, 0.25) is 0 Å². The molecule has 6 nitrogen and oxygen atoms in total. The van der Waals surface area contributed by atoms with Crippen LogP contribution in [0.5, 0.6) is 0 Å². The maximum Gasteiger partial charge on any atom is 0.341 e. The van der Waals surface area contributed by atoms with Crippen LogP contribution in [-0.4, -0.2) is 27.2 Å². The number of aromatic nitrogens is 2. The number of carboxylic acid groups (broad SMARTS) is 1. The van der Waals surface area contributed by atoms with Crippen LogP contribution in [0.4, 0.5) is 5.82 Å². The summed E-state index contributed by atoms with van der Waals surface area (Å²) in [6.45, 7) is 4.71. The molecule has 0 aliphatic heterocycles. The average molecular weight is 301 g/mol. The molecular weight excluding hydrogens is 282 g/mol. The molecule has 0 fully saturated rings. The zero-order chi connectivity index (χ0) is 16.1. The van der Waals surface area contributed by atoms with Crippen molar-refractivity contribution in [1.82, 2.24) is 9.55 Å². The summed E-state index contributed by atoms with van der Waals surface area (Å²) >= 11 is 0. The Morgan fingerprint density at radius 1 is 1.32 bits per heavy atom. The van der Waals surface area contributed by atoms with Crippen molar-refractivity contribution >= 4 is 11.8 Å². The second kappa shape index (κ2) is 6.89. The van der Waals surface area contributed by atoms with Crippen LogP contribution < -0.4 is 10.9 Å². The lowest BCUT2D eigenvalue weighted by Gasteiger charge is -2.09. The van der Waals surface area contributed by atoms with Crippen LogP contribution in [0.15, 0.2) is 35.4 Å². The second-order valence-electron chi connectivity index (χ2n) is 5.18. The summed E-state index contributed by atoms with van der Waals surface area (Å²) in [7, 11) is 0. The average Bonchev–Trinajstić information content (AvgIpc) is 2.47. The van der Waals surface area contributed by atoms with Crippen LogP contribution in [-0.2, 0) is 6.54 Å². The molecular formula is C16H19N3O3. The Balaban J connectivity index is 1.95. The second-order valence-corrected chi connectivity index (χ2v) is 5.18. The molecule has 0 saturated carbocycles. The van der Waals surface area contributed by atoms with E-state index in [0.29, 0.717) is 25.1 Å². The van der Waals surface area contributed by atoms with Crippen LogP contribution >= 0.6 is 0 Å². The van der Waals surface area contributed by atoms with Crippen molar-refractivity contribution in [3.8, 4) is 0 Å². The van der Waals surface area contributed by atoms with Gasteiger partial charge in [0.15, 0.2) is 0 Å². The van der Waals surface area contributed by atoms with Crippen LogP contribution in [0.3, 0.4) is 0 Å². The van der Waals surface area contributed by atoms with E-state index < -0.39 is 11.5 Å². The summed E-state index contributed by atoms with van der Waals surface area (Å²) in [6, 6.07) is 5.52. The summed E-state index contributed by atoms with van der Waals surface area (Å²) in [6.07, 6.45) is 4.11. The third kappa shape index (κ3) is 3.72. The SMILES string of the molecule is Cc1ccc(NCCCn2ccc(C)c(C(=O)O)c2=O)nc1. The smallest absolute Gasteiger partial charge is 0.341 e. The third-order valence-electron chi connectivity index (χ3n) is 3.38. The number of nitrogens with one attached hydrogen (secondary N) is 1. The number of hydrogen-bond donors (Lipinski definition) is 2. The van der Waals surface area contributed by atoms with E-state index in [1.165, 1.54) is 4.57 Å². The van der Waals surface area contributed by atoms with E-state index in [0.717, 1.165) is 11.4 Å². The largest absolute Gasteiger partial charge is 0.477 e. The first-order valence-electron chi connectivity index (χ1n) is 7.09. The van der Waals surface area contributed by atoms with E-state index in [2.05, 4.69) is 10.3 Å². The summed E-state index contributed by atoms with van der Waals surface area (Å²) in [5.41, 5.74) is 0.963. The van der Waals surface area contributed by atoms with E-state index in [9.17, 15) is 9.59 Å². The van der Waals surface area contributed by atoms with Crippen molar-refractivity contribution in [2.45, 2.75) is 26.8 Å². The van der Waals surface area contributed by atoms with Gasteiger partial charge in [-0.1, -0.05) is 6.07 Å². The Hall–Kier alpha value is -2.63. The highest BCUT2D eigenvalue weighted by atomic mass is 16.4. The Morgan fingerprint density at radius 2 is 2.09 bits per heavy atom. The first-order valence-corrected chi connectivity index (χ1v) is 7.09. The molecule has 22 heavy (non-hydrogen) atoms. The molecule has 2 heterocycles. The number of pyridine rings is 2. The Kier molecular flexibility index (Phi) is 4.93. The topological polar surface area (TPSA) is 84.2 Å². The van der Waals surface area contributed by atoms with Gasteiger partial charge in [-0.25, -0.2) is 9.78 Å². The number of aromatic carboxylic acids is 1. The number of nitrogens with zero attached hydrogens (tertiary/aromatic N) is 2. The summed E-state index contributed by atoms with van der Waals surface area (Å²) in [5.74, 6) is -0.396. The van der Waals surface area contributed by atoms with E-state index >= 15 is 0 Å². The van der Waals surface area contributed by atoms with Gasteiger partial charge >= 0.3 is 5.97 Å². The lowest BCUT2D eigenvalue weighted by atomic mass is 10.1. The highest BCUT2D eigenvalue weighted by Crippen LogP contribution is 2.05. The third-order valence-corrected chi connectivity index (χ3v) is 3.38. The van der Waals surface area contributed by atoms with E-state index in [1.807, 2.05) is 19.1 Å². The first-order chi connectivity index (χ1) is 10.5. The van der Waals surface area contributed by atoms with Gasteiger partial charge < -0.3 is 15.0 Å². The summed E-state index contributed by atoms with van der Waals surface area (Å²) in [4.78, 5) is 27.4. The molecule has 0 atom stereocenters. The standard InChI is InChI=1S/C16H19N3O3/c1-11-4-5-13(18-10-11)17-7-3-8-19-9-6-12(2)14(15(19)20)16(21)22/h4-6,9-10H,3,7-8H2,1-2H3,(H,17,18)(H,21,22). The predicted molar refractivity (Wildman–Crippen MR) is 84.5 cm³/mol. The number of anilines is 1. The van der Waals surface area contributed by atoms with Gasteiger partial charge in [0.05, 0.1) is 0 Å². The Labute approximate surface area is 128 Å². The molecule has 0 bridgehead atoms. The van der Waals surface area contributed by atoms with E-state index in [1.54, 1.807) is 25.4 Å². The fourth-order valence-corrected chi connectivity index (χ4v) is 2.14. The number of rotatable bonds is 6. The molecule has 6 heteroatoms. The molecule has 0 unspecified atom stereocenters. The van der Waals surface area contributed by atoms with Gasteiger partial charge in [-0.2, -0.15) is 0 Å². The molecule has 0 saturated heterocycles. The van der Waals surface area contributed by atoms with Gasteiger partial charge in [-0.3, -0.25) is 4.79 Å². The van der Waals surface area contributed by atoms with Crippen molar-refractivity contribution in [2.75, 3.05) is 11.9 Å². The van der Waals surface area contributed by atoms with Crippen LogP contribution in [0.1, 0.15) is 27.9 Å². The molecule has 0 aromatic carbocycles. The molecule has 0 aliphatic carbocycles. The van der Waals surface area contributed by atoms with Gasteiger partial charge in [-0.05, 0) is 43.5 Å². The summed E-state index contributed by atoms with van der Waals surface area (Å²) in [5, 5.41) is 12.2. The van der Waals surface area contributed by atoms with Crippen molar-refractivity contribution in [3.05, 3.63) is 57.6 Å². The quantitative estimate of drug-likeness (QED) is 0.798. The minimum atomic E-state index is -1.18. The Bertz CT molecular complexity index is 720. The maximum absolute atomic E-state index is 12.1. The van der Waals surface area contributed by atoms with Gasteiger partial charge in [0.25, 0.3) is 5.56 Å². The number of carboxylic acids is 1. The van der Waals surface area contributed by atoms with Crippen LogP contribution in [0.25, 0.3) is 0 Å². The molecule has 2 aromatic rings. The van der Waals surface area contributed by atoms with Crippen molar-refractivity contribution in [3.63, 3.8) is 0 Å². The molecule has 2 aromatic heterocycles. The molecule has 2 rings (SSSR count). The zero-order valence-electron chi connectivity index (χ0n) is 12.7. The minimum absolute atomic E-state index is 0.157. The first kappa shape index (κ1) is 15.8. The van der Waals surface area contributed by atoms with Crippen LogP contribution in [0.2, 0.25) is 0 Å².